The van der Waals surface area contributed by atoms with E-state index >= 15 is 0 Å². The summed E-state index contributed by atoms with van der Waals surface area (Å²) in [5.41, 5.74) is 15.4. The maximum absolute atomic E-state index is 3.47. The minimum Gasteiger partial charge on any atom is -0.310 e. The molecule has 1 aliphatic heterocycles. The number of nitrogens with one attached hydrogen (secondary N) is 2. The van der Waals surface area contributed by atoms with Crippen molar-refractivity contribution in [2.24, 2.45) is 0 Å². The zero-order valence-corrected chi connectivity index (χ0v) is 23.5. The van der Waals surface area contributed by atoms with Crippen molar-refractivity contribution in [1.29, 1.82) is 0 Å². The molecule has 5 aromatic carbocycles. The van der Waals surface area contributed by atoms with Crippen LogP contribution in [0, 0.1) is 0 Å². The highest BCUT2D eigenvalue weighted by molar-refractivity contribution is 6.10. The number of rotatable bonds is 7. The first kappa shape index (κ1) is 25.6. The SMILES string of the molecule is CCCC1CC(c2ccc(-n3c4ccccc4c4cc(N(c5ccccc5)c5ccccc5)ccc43)cc2)CNN1. The van der Waals surface area contributed by atoms with Crippen LogP contribution in [-0.2, 0) is 0 Å². The largest absolute Gasteiger partial charge is 0.310 e. The van der Waals surface area contributed by atoms with Gasteiger partial charge < -0.3 is 9.47 Å². The van der Waals surface area contributed by atoms with Crippen LogP contribution in [0.3, 0.4) is 0 Å². The number of hydrogen-bond donors (Lipinski definition) is 2. The summed E-state index contributed by atoms with van der Waals surface area (Å²) < 4.78 is 2.41. The summed E-state index contributed by atoms with van der Waals surface area (Å²) in [5.74, 6) is 0.532. The topological polar surface area (TPSA) is 32.2 Å². The molecule has 0 bridgehead atoms. The van der Waals surface area contributed by atoms with Crippen LogP contribution in [0.25, 0.3) is 27.5 Å². The van der Waals surface area contributed by atoms with Crippen LogP contribution < -0.4 is 15.8 Å². The molecule has 1 aliphatic rings. The maximum atomic E-state index is 3.47. The van der Waals surface area contributed by atoms with Gasteiger partial charge in [0.05, 0.1) is 11.0 Å². The molecule has 41 heavy (non-hydrogen) atoms. The first-order chi connectivity index (χ1) is 20.3. The number of fused-ring (bicyclic) bond motifs is 3. The molecule has 0 saturated carbocycles. The summed E-state index contributed by atoms with van der Waals surface area (Å²) >= 11 is 0. The second-order valence-corrected chi connectivity index (χ2v) is 11.1. The predicted molar refractivity (Wildman–Crippen MR) is 173 cm³/mol. The molecule has 2 N–H and O–H groups in total. The van der Waals surface area contributed by atoms with E-state index in [0.717, 1.165) is 23.6 Å². The van der Waals surface area contributed by atoms with E-state index in [2.05, 4.69) is 155 Å². The fraction of sp³-hybridized carbons (Fsp3) is 0.189. The minimum absolute atomic E-state index is 0.532. The monoisotopic (exact) mass is 536 g/mol. The molecule has 2 atom stereocenters. The fourth-order valence-electron chi connectivity index (χ4n) is 6.48. The van der Waals surface area contributed by atoms with Gasteiger partial charge in [-0.3, -0.25) is 10.9 Å². The standard InChI is InChI=1S/C37H36N4/c1-2-11-29-24-28(26-38-39-29)27-18-20-32(21-19-27)41-36-17-10-9-16-34(36)35-25-33(22-23-37(35)41)40(30-12-5-3-6-13-30)31-14-7-4-8-15-31/h3-10,12-23,25,28-29,38-39H,2,11,24,26H2,1H3. The minimum atomic E-state index is 0.532. The molecule has 4 heteroatoms. The molecule has 0 spiro atoms. The van der Waals surface area contributed by atoms with Gasteiger partial charge in [-0.25, -0.2) is 0 Å². The molecule has 0 radical (unpaired) electrons. The molecular weight excluding hydrogens is 500 g/mol. The van der Waals surface area contributed by atoms with Crippen molar-refractivity contribution in [2.75, 3.05) is 11.4 Å². The van der Waals surface area contributed by atoms with Crippen molar-refractivity contribution in [3.63, 3.8) is 0 Å². The summed E-state index contributed by atoms with van der Waals surface area (Å²) in [6.45, 7) is 3.23. The zero-order valence-electron chi connectivity index (χ0n) is 23.5. The van der Waals surface area contributed by atoms with Gasteiger partial charge in [-0.15, -0.1) is 0 Å². The Bertz CT molecular complexity index is 1710. The molecule has 204 valence electrons. The summed E-state index contributed by atoms with van der Waals surface area (Å²) in [6, 6.07) is 46.7. The lowest BCUT2D eigenvalue weighted by Crippen LogP contribution is -2.48. The van der Waals surface area contributed by atoms with E-state index in [1.807, 2.05) is 0 Å². The Morgan fingerprint density at radius 2 is 1.34 bits per heavy atom. The molecule has 0 aliphatic carbocycles. The van der Waals surface area contributed by atoms with E-state index < -0.39 is 0 Å². The van der Waals surface area contributed by atoms with Crippen LogP contribution >= 0.6 is 0 Å². The van der Waals surface area contributed by atoms with Gasteiger partial charge in [-0.2, -0.15) is 0 Å². The zero-order chi connectivity index (χ0) is 27.6. The Hall–Kier alpha value is -4.38. The van der Waals surface area contributed by atoms with E-state index in [1.165, 1.54) is 52.3 Å². The van der Waals surface area contributed by atoms with Crippen molar-refractivity contribution in [3.05, 3.63) is 133 Å². The van der Waals surface area contributed by atoms with Crippen LogP contribution in [0.5, 0.6) is 0 Å². The first-order valence-electron chi connectivity index (χ1n) is 14.8. The van der Waals surface area contributed by atoms with E-state index in [0.29, 0.717) is 12.0 Å². The molecule has 2 unspecified atom stereocenters. The molecule has 1 fully saturated rings. The van der Waals surface area contributed by atoms with Crippen LogP contribution in [0.1, 0.15) is 37.7 Å². The lowest BCUT2D eigenvalue weighted by Gasteiger charge is -2.31. The number of benzene rings is 5. The smallest absolute Gasteiger partial charge is 0.0542 e. The lowest BCUT2D eigenvalue weighted by atomic mass is 9.89. The quantitative estimate of drug-likeness (QED) is 0.213. The van der Waals surface area contributed by atoms with Gasteiger partial charge in [0.2, 0.25) is 0 Å². The third-order valence-corrected chi connectivity index (χ3v) is 8.43. The van der Waals surface area contributed by atoms with Crippen molar-refractivity contribution in [2.45, 2.75) is 38.1 Å². The molecule has 0 amide bonds. The van der Waals surface area contributed by atoms with Gasteiger partial charge in [0.15, 0.2) is 0 Å². The average Bonchev–Trinajstić information content (AvgIpc) is 3.36. The number of hydrazine groups is 1. The average molecular weight is 537 g/mol. The van der Waals surface area contributed by atoms with Gasteiger partial charge in [0.1, 0.15) is 0 Å². The number of nitrogens with zero attached hydrogens (tertiary/aromatic N) is 2. The van der Waals surface area contributed by atoms with Crippen LogP contribution in [0.15, 0.2) is 127 Å². The molecule has 7 rings (SSSR count). The Labute approximate surface area is 242 Å². The Morgan fingerprint density at radius 3 is 2.05 bits per heavy atom. The Morgan fingerprint density at radius 1 is 0.683 bits per heavy atom. The van der Waals surface area contributed by atoms with E-state index in [9.17, 15) is 0 Å². The highest BCUT2D eigenvalue weighted by atomic mass is 15.4. The molecule has 1 aromatic heterocycles. The molecule has 1 saturated heterocycles. The van der Waals surface area contributed by atoms with Crippen molar-refractivity contribution in [1.82, 2.24) is 15.4 Å². The lowest BCUT2D eigenvalue weighted by molar-refractivity contribution is 0.298. The fourth-order valence-corrected chi connectivity index (χ4v) is 6.48. The van der Waals surface area contributed by atoms with Gasteiger partial charge in [-0.05, 0) is 85.0 Å². The van der Waals surface area contributed by atoms with E-state index in [1.54, 1.807) is 0 Å². The maximum Gasteiger partial charge on any atom is 0.0542 e. The number of hydrogen-bond acceptors (Lipinski definition) is 3. The van der Waals surface area contributed by atoms with Gasteiger partial charge in [-0.1, -0.05) is 80.1 Å². The van der Waals surface area contributed by atoms with Crippen molar-refractivity contribution >= 4 is 38.9 Å². The first-order valence-corrected chi connectivity index (χ1v) is 14.8. The summed E-state index contributed by atoms with van der Waals surface area (Å²) in [7, 11) is 0. The van der Waals surface area contributed by atoms with Gasteiger partial charge in [0.25, 0.3) is 0 Å². The summed E-state index contributed by atoms with van der Waals surface area (Å²) in [4.78, 5) is 2.33. The van der Waals surface area contributed by atoms with Gasteiger partial charge >= 0.3 is 0 Å². The van der Waals surface area contributed by atoms with E-state index in [-0.39, 0.29) is 0 Å². The highest BCUT2D eigenvalue weighted by Crippen LogP contribution is 2.39. The Balaban J connectivity index is 1.31. The second kappa shape index (κ2) is 11.2. The van der Waals surface area contributed by atoms with Crippen LogP contribution in [0.4, 0.5) is 17.1 Å². The van der Waals surface area contributed by atoms with Crippen LogP contribution in [-0.4, -0.2) is 17.2 Å². The Kier molecular flexibility index (Phi) is 7.01. The normalized spacial score (nSPS) is 17.2. The number of aromatic nitrogens is 1. The molecule has 6 aromatic rings. The van der Waals surface area contributed by atoms with E-state index in [4.69, 9.17) is 0 Å². The molecule has 2 heterocycles. The van der Waals surface area contributed by atoms with Crippen LogP contribution in [0.2, 0.25) is 0 Å². The predicted octanol–water partition coefficient (Wildman–Crippen LogP) is 9.00. The number of para-hydroxylation sites is 3. The highest BCUT2D eigenvalue weighted by Gasteiger charge is 2.22. The van der Waals surface area contributed by atoms with Gasteiger partial charge in [0, 0.05) is 46.1 Å². The van der Waals surface area contributed by atoms with Crippen molar-refractivity contribution < 1.29 is 0 Å². The number of anilines is 3. The van der Waals surface area contributed by atoms with Crippen molar-refractivity contribution in [3.8, 4) is 5.69 Å². The summed E-state index contributed by atoms with van der Waals surface area (Å²) in [5, 5.41) is 2.52. The second-order valence-electron chi connectivity index (χ2n) is 11.1. The summed E-state index contributed by atoms with van der Waals surface area (Å²) in [6.07, 6.45) is 3.59. The molecular formula is C37H36N4. The third kappa shape index (κ3) is 4.90. The molecule has 4 nitrogen and oxygen atoms in total. The third-order valence-electron chi connectivity index (χ3n) is 8.43.